The SMILES string of the molecule is CC(C)(C)c1ccc(-n2c3ccccc3c3cc(-c4ccc5oc6ccccc6c5c4)ccc32)cc1. The van der Waals surface area contributed by atoms with E-state index < -0.39 is 0 Å². The van der Waals surface area contributed by atoms with Crippen LogP contribution in [0.15, 0.2) is 114 Å². The van der Waals surface area contributed by atoms with Crippen LogP contribution in [0.25, 0.3) is 60.6 Å². The van der Waals surface area contributed by atoms with Gasteiger partial charge in [0.15, 0.2) is 0 Å². The fourth-order valence-electron chi connectivity index (χ4n) is 5.45. The van der Waals surface area contributed by atoms with Crippen molar-refractivity contribution in [1.29, 1.82) is 0 Å². The van der Waals surface area contributed by atoms with E-state index in [0.29, 0.717) is 0 Å². The largest absolute Gasteiger partial charge is 0.456 e. The maximum absolute atomic E-state index is 6.05. The molecular formula is C34H27NO. The zero-order valence-electron chi connectivity index (χ0n) is 20.7. The minimum atomic E-state index is 0.135. The van der Waals surface area contributed by atoms with Crippen LogP contribution in [0.2, 0.25) is 0 Å². The lowest BCUT2D eigenvalue weighted by Gasteiger charge is -2.19. The van der Waals surface area contributed by atoms with Gasteiger partial charge in [-0.05, 0) is 70.6 Å². The molecule has 0 spiro atoms. The summed E-state index contributed by atoms with van der Waals surface area (Å²) in [5, 5.41) is 4.85. The Hall–Kier alpha value is -4.30. The third-order valence-corrected chi connectivity index (χ3v) is 7.37. The average molecular weight is 466 g/mol. The van der Waals surface area contributed by atoms with Crippen molar-refractivity contribution in [1.82, 2.24) is 4.57 Å². The molecule has 0 aliphatic carbocycles. The van der Waals surface area contributed by atoms with Gasteiger partial charge >= 0.3 is 0 Å². The Balaban J connectivity index is 1.42. The molecule has 0 saturated carbocycles. The molecule has 2 heterocycles. The van der Waals surface area contributed by atoms with E-state index in [4.69, 9.17) is 4.42 Å². The summed E-state index contributed by atoms with van der Waals surface area (Å²) in [5.74, 6) is 0. The van der Waals surface area contributed by atoms with E-state index >= 15 is 0 Å². The summed E-state index contributed by atoms with van der Waals surface area (Å²) < 4.78 is 8.43. The van der Waals surface area contributed by atoms with E-state index in [1.165, 1.54) is 44.2 Å². The number of fused-ring (bicyclic) bond motifs is 6. The van der Waals surface area contributed by atoms with Gasteiger partial charge < -0.3 is 8.98 Å². The maximum Gasteiger partial charge on any atom is 0.135 e. The summed E-state index contributed by atoms with van der Waals surface area (Å²) in [5.41, 5.74) is 9.38. The van der Waals surface area contributed by atoms with Crippen LogP contribution < -0.4 is 0 Å². The molecule has 2 aromatic heterocycles. The van der Waals surface area contributed by atoms with Crippen LogP contribution >= 0.6 is 0 Å². The highest BCUT2D eigenvalue weighted by molar-refractivity contribution is 6.11. The Morgan fingerprint density at radius 2 is 1.14 bits per heavy atom. The first-order valence-corrected chi connectivity index (χ1v) is 12.5. The number of hydrogen-bond donors (Lipinski definition) is 0. The Bertz CT molecular complexity index is 1910. The molecule has 5 aromatic carbocycles. The third kappa shape index (κ3) is 3.18. The van der Waals surface area contributed by atoms with Gasteiger partial charge in [0.1, 0.15) is 11.2 Å². The van der Waals surface area contributed by atoms with E-state index in [2.05, 4.69) is 122 Å². The van der Waals surface area contributed by atoms with E-state index in [9.17, 15) is 0 Å². The fourth-order valence-corrected chi connectivity index (χ4v) is 5.45. The van der Waals surface area contributed by atoms with Crippen LogP contribution in [0.4, 0.5) is 0 Å². The number of aromatic nitrogens is 1. The molecule has 36 heavy (non-hydrogen) atoms. The zero-order chi connectivity index (χ0) is 24.4. The summed E-state index contributed by atoms with van der Waals surface area (Å²) in [6.45, 7) is 6.77. The fraction of sp³-hybridized carbons (Fsp3) is 0.118. The Labute approximate surface area is 210 Å². The average Bonchev–Trinajstić information content (AvgIpc) is 3.43. The van der Waals surface area contributed by atoms with Crippen molar-refractivity contribution in [3.05, 3.63) is 115 Å². The standard InChI is InChI=1S/C34H27NO/c1-34(2,3)24-14-16-25(17-15-24)35-30-10-6-4-8-26(30)28-20-22(12-18-31(28)35)23-13-19-33-29(21-23)27-9-5-7-11-32(27)36-33/h4-21H,1-3H3. The lowest BCUT2D eigenvalue weighted by Crippen LogP contribution is -2.10. The summed E-state index contributed by atoms with van der Waals surface area (Å²) in [4.78, 5) is 0. The first kappa shape index (κ1) is 21.0. The summed E-state index contributed by atoms with van der Waals surface area (Å²) in [6.07, 6.45) is 0. The van der Waals surface area contributed by atoms with Crippen LogP contribution in [0, 0.1) is 0 Å². The number of para-hydroxylation sites is 2. The molecule has 0 bridgehead atoms. The van der Waals surface area contributed by atoms with Crippen molar-refractivity contribution in [2.75, 3.05) is 0 Å². The summed E-state index contributed by atoms with van der Waals surface area (Å²) in [7, 11) is 0. The first-order valence-electron chi connectivity index (χ1n) is 12.5. The van der Waals surface area contributed by atoms with Crippen LogP contribution in [0.5, 0.6) is 0 Å². The summed E-state index contributed by atoms with van der Waals surface area (Å²) >= 11 is 0. The first-order chi connectivity index (χ1) is 17.5. The molecule has 0 amide bonds. The quantitative estimate of drug-likeness (QED) is 0.248. The molecule has 174 valence electrons. The van der Waals surface area contributed by atoms with Gasteiger partial charge in [-0.2, -0.15) is 0 Å². The van der Waals surface area contributed by atoms with Gasteiger partial charge in [-0.3, -0.25) is 0 Å². The number of furan rings is 1. The molecule has 0 atom stereocenters. The van der Waals surface area contributed by atoms with E-state index in [0.717, 1.165) is 21.9 Å². The Kier molecular flexibility index (Phi) is 4.44. The van der Waals surface area contributed by atoms with Gasteiger partial charge in [0.2, 0.25) is 0 Å². The summed E-state index contributed by atoms with van der Waals surface area (Å²) in [6, 6.07) is 39.3. The van der Waals surface area contributed by atoms with Gasteiger partial charge in [-0.15, -0.1) is 0 Å². The molecule has 2 nitrogen and oxygen atoms in total. The molecule has 0 aliphatic rings. The highest BCUT2D eigenvalue weighted by atomic mass is 16.3. The minimum Gasteiger partial charge on any atom is -0.456 e. The molecule has 7 aromatic rings. The second-order valence-electron chi connectivity index (χ2n) is 10.7. The van der Waals surface area contributed by atoms with Crippen LogP contribution in [-0.2, 0) is 5.41 Å². The van der Waals surface area contributed by atoms with Crippen molar-refractivity contribution < 1.29 is 4.42 Å². The van der Waals surface area contributed by atoms with E-state index in [1.807, 2.05) is 12.1 Å². The number of nitrogens with zero attached hydrogens (tertiary/aromatic N) is 1. The Morgan fingerprint density at radius 1 is 0.528 bits per heavy atom. The molecule has 0 fully saturated rings. The van der Waals surface area contributed by atoms with Crippen LogP contribution in [0.1, 0.15) is 26.3 Å². The molecule has 0 radical (unpaired) electrons. The topological polar surface area (TPSA) is 18.1 Å². The molecular weight excluding hydrogens is 438 g/mol. The molecule has 2 heteroatoms. The monoisotopic (exact) mass is 465 g/mol. The molecule has 0 saturated heterocycles. The predicted octanol–water partition coefficient (Wildman–Crippen LogP) is 9.65. The number of benzene rings is 5. The second kappa shape index (κ2) is 7.60. The van der Waals surface area contributed by atoms with E-state index in [-0.39, 0.29) is 5.41 Å². The molecule has 7 rings (SSSR count). The van der Waals surface area contributed by atoms with E-state index in [1.54, 1.807) is 0 Å². The molecule has 0 unspecified atom stereocenters. The van der Waals surface area contributed by atoms with Gasteiger partial charge in [-0.1, -0.05) is 81.4 Å². The lowest BCUT2D eigenvalue weighted by molar-refractivity contribution is 0.590. The molecule has 0 aliphatic heterocycles. The molecule has 0 N–H and O–H groups in total. The van der Waals surface area contributed by atoms with Crippen molar-refractivity contribution in [2.45, 2.75) is 26.2 Å². The number of hydrogen-bond acceptors (Lipinski definition) is 1. The predicted molar refractivity (Wildman–Crippen MR) is 152 cm³/mol. The van der Waals surface area contributed by atoms with Gasteiger partial charge in [0.25, 0.3) is 0 Å². The van der Waals surface area contributed by atoms with Crippen LogP contribution in [0.3, 0.4) is 0 Å². The van der Waals surface area contributed by atoms with Gasteiger partial charge in [0, 0.05) is 27.2 Å². The number of rotatable bonds is 2. The van der Waals surface area contributed by atoms with Crippen molar-refractivity contribution in [3.8, 4) is 16.8 Å². The Morgan fingerprint density at radius 3 is 1.92 bits per heavy atom. The van der Waals surface area contributed by atoms with Crippen molar-refractivity contribution in [2.24, 2.45) is 0 Å². The van der Waals surface area contributed by atoms with Crippen LogP contribution in [-0.4, -0.2) is 4.57 Å². The second-order valence-corrected chi connectivity index (χ2v) is 10.7. The lowest BCUT2D eigenvalue weighted by atomic mass is 9.87. The van der Waals surface area contributed by atoms with Gasteiger partial charge in [0.05, 0.1) is 11.0 Å². The third-order valence-electron chi connectivity index (χ3n) is 7.37. The zero-order valence-corrected chi connectivity index (χ0v) is 20.7. The smallest absolute Gasteiger partial charge is 0.135 e. The van der Waals surface area contributed by atoms with Crippen molar-refractivity contribution in [3.63, 3.8) is 0 Å². The highest BCUT2D eigenvalue weighted by Crippen LogP contribution is 2.37. The highest BCUT2D eigenvalue weighted by Gasteiger charge is 2.16. The van der Waals surface area contributed by atoms with Crippen molar-refractivity contribution >= 4 is 43.7 Å². The minimum absolute atomic E-state index is 0.135. The van der Waals surface area contributed by atoms with Gasteiger partial charge in [-0.25, -0.2) is 0 Å². The maximum atomic E-state index is 6.05. The normalized spacial score (nSPS) is 12.3.